The van der Waals surface area contributed by atoms with E-state index >= 15 is 0 Å². The van der Waals surface area contributed by atoms with Gasteiger partial charge in [0.05, 0.1) is 11.9 Å². The van der Waals surface area contributed by atoms with Gasteiger partial charge in [0.25, 0.3) is 0 Å². The summed E-state index contributed by atoms with van der Waals surface area (Å²) >= 11 is 0. The van der Waals surface area contributed by atoms with Crippen molar-refractivity contribution in [2.45, 2.75) is 0 Å². The van der Waals surface area contributed by atoms with Gasteiger partial charge in [0.1, 0.15) is 11.5 Å². The predicted octanol–water partition coefficient (Wildman–Crippen LogP) is 3.30. The van der Waals surface area contributed by atoms with E-state index in [4.69, 9.17) is 0 Å². The normalized spacial score (nSPS) is 11.0. The summed E-state index contributed by atoms with van der Waals surface area (Å²) in [5.41, 5.74) is 1.86. The van der Waals surface area contributed by atoms with Crippen molar-refractivity contribution >= 4 is 11.9 Å². The topological polar surface area (TPSA) is 47.8 Å². The lowest BCUT2D eigenvalue weighted by Gasteiger charge is -1.97. The van der Waals surface area contributed by atoms with Crippen LogP contribution in [0.3, 0.4) is 0 Å². The Morgan fingerprint density at radius 1 is 1.05 bits per heavy atom. The first-order valence-electron chi connectivity index (χ1n) is 6.68. The van der Waals surface area contributed by atoms with Crippen LogP contribution >= 0.6 is 0 Å². The third kappa shape index (κ3) is 3.15. The van der Waals surface area contributed by atoms with E-state index in [9.17, 15) is 9.18 Å². The summed E-state index contributed by atoms with van der Waals surface area (Å²) in [6.45, 7) is 0. The zero-order valence-electron chi connectivity index (χ0n) is 11.6. The van der Waals surface area contributed by atoms with Crippen molar-refractivity contribution in [3.8, 4) is 5.69 Å². The molecule has 5 heteroatoms. The van der Waals surface area contributed by atoms with E-state index in [1.54, 1.807) is 36.5 Å². The molecule has 4 nitrogen and oxygen atoms in total. The molecule has 0 aliphatic carbocycles. The molecule has 3 aromatic rings. The van der Waals surface area contributed by atoms with Crippen LogP contribution in [-0.4, -0.2) is 20.8 Å². The molecule has 108 valence electrons. The van der Waals surface area contributed by atoms with Gasteiger partial charge < -0.3 is 0 Å². The highest BCUT2D eigenvalue weighted by atomic mass is 19.1. The molecule has 0 saturated carbocycles. The van der Waals surface area contributed by atoms with E-state index < -0.39 is 0 Å². The number of ketones is 1. The van der Waals surface area contributed by atoms with Gasteiger partial charge in [-0.25, -0.2) is 9.07 Å². The lowest BCUT2D eigenvalue weighted by molar-refractivity contribution is 0.104. The minimum Gasteiger partial charge on any atom is -0.289 e. The van der Waals surface area contributed by atoms with Gasteiger partial charge in [0, 0.05) is 5.56 Å². The van der Waals surface area contributed by atoms with Crippen LogP contribution in [0.1, 0.15) is 16.1 Å². The Labute approximate surface area is 126 Å². The number of rotatable bonds is 4. The van der Waals surface area contributed by atoms with Gasteiger partial charge in [-0.3, -0.25) is 4.79 Å². The first-order valence-corrected chi connectivity index (χ1v) is 6.68. The molecule has 0 radical (unpaired) electrons. The number of halogens is 1. The van der Waals surface area contributed by atoms with E-state index in [0.717, 1.165) is 0 Å². The summed E-state index contributed by atoms with van der Waals surface area (Å²) in [5, 5.41) is 7.91. The highest BCUT2D eigenvalue weighted by Crippen LogP contribution is 2.09. The van der Waals surface area contributed by atoms with Crippen LogP contribution in [0.2, 0.25) is 0 Å². The fraction of sp³-hybridized carbons (Fsp3) is 0. The molecule has 1 aromatic heterocycles. The van der Waals surface area contributed by atoms with E-state index in [1.807, 2.05) is 18.2 Å². The molecule has 0 fully saturated rings. The van der Waals surface area contributed by atoms with Gasteiger partial charge in [-0.2, -0.15) is 0 Å². The van der Waals surface area contributed by atoms with Crippen molar-refractivity contribution in [1.29, 1.82) is 0 Å². The summed E-state index contributed by atoms with van der Waals surface area (Å²) < 4.78 is 14.4. The van der Waals surface area contributed by atoms with Crippen LogP contribution in [0.4, 0.5) is 4.39 Å². The second kappa shape index (κ2) is 6.13. The quantitative estimate of drug-likeness (QED) is 0.548. The molecule has 0 aliphatic rings. The van der Waals surface area contributed by atoms with Crippen LogP contribution in [0.25, 0.3) is 11.8 Å². The Bertz CT molecular complexity index is 807. The fourth-order valence-electron chi connectivity index (χ4n) is 1.93. The van der Waals surface area contributed by atoms with E-state index in [-0.39, 0.29) is 11.6 Å². The van der Waals surface area contributed by atoms with E-state index in [1.165, 1.54) is 22.9 Å². The largest absolute Gasteiger partial charge is 0.289 e. The number of nitrogens with zero attached hydrogens (tertiary/aromatic N) is 3. The molecule has 1 heterocycles. The van der Waals surface area contributed by atoms with Crippen molar-refractivity contribution < 1.29 is 9.18 Å². The fourth-order valence-corrected chi connectivity index (χ4v) is 1.93. The molecule has 0 aliphatic heterocycles. The van der Waals surface area contributed by atoms with Gasteiger partial charge in [-0.15, -0.1) is 5.10 Å². The van der Waals surface area contributed by atoms with Gasteiger partial charge in [-0.05, 0) is 36.4 Å². The lowest BCUT2D eigenvalue weighted by Crippen LogP contribution is -1.94. The van der Waals surface area contributed by atoms with Crippen molar-refractivity contribution in [3.63, 3.8) is 0 Å². The second-order valence-corrected chi connectivity index (χ2v) is 4.63. The maximum absolute atomic E-state index is 12.9. The van der Waals surface area contributed by atoms with Gasteiger partial charge >= 0.3 is 0 Å². The zero-order valence-corrected chi connectivity index (χ0v) is 11.6. The maximum atomic E-state index is 12.9. The van der Waals surface area contributed by atoms with Crippen LogP contribution in [0, 0.1) is 5.82 Å². The standard InChI is InChI=1S/C17H12FN3O/c18-14-6-9-16(10-7-14)21-12-15(19-20-21)8-11-17(22)13-4-2-1-3-5-13/h1-12H/b11-8+. The summed E-state index contributed by atoms with van der Waals surface area (Å²) in [6.07, 6.45) is 4.72. The van der Waals surface area contributed by atoms with Crippen LogP contribution in [0.15, 0.2) is 66.9 Å². The molecule has 0 bridgehead atoms. The number of allylic oxidation sites excluding steroid dienone is 1. The molecular weight excluding hydrogens is 281 g/mol. The van der Waals surface area contributed by atoms with E-state index in [2.05, 4.69) is 10.3 Å². The summed E-state index contributed by atoms with van der Waals surface area (Å²) in [7, 11) is 0. The molecular formula is C17H12FN3O. The molecule has 0 saturated heterocycles. The molecule has 0 atom stereocenters. The number of carbonyl (C=O) groups excluding carboxylic acids is 1. The number of hydrogen-bond donors (Lipinski definition) is 0. The predicted molar refractivity (Wildman–Crippen MR) is 81.1 cm³/mol. The molecule has 3 rings (SSSR count). The highest BCUT2D eigenvalue weighted by Gasteiger charge is 2.03. The lowest BCUT2D eigenvalue weighted by atomic mass is 10.1. The Morgan fingerprint density at radius 3 is 2.50 bits per heavy atom. The first-order chi connectivity index (χ1) is 10.7. The minimum atomic E-state index is -0.308. The second-order valence-electron chi connectivity index (χ2n) is 4.63. The summed E-state index contributed by atoms with van der Waals surface area (Å²) in [6, 6.07) is 14.9. The number of benzene rings is 2. The molecule has 0 N–H and O–H groups in total. The number of carbonyl (C=O) groups is 1. The summed E-state index contributed by atoms with van der Waals surface area (Å²) in [4.78, 5) is 11.9. The van der Waals surface area contributed by atoms with Gasteiger partial charge in [0.2, 0.25) is 0 Å². The van der Waals surface area contributed by atoms with Gasteiger partial charge in [0.15, 0.2) is 5.78 Å². The Kier molecular flexibility index (Phi) is 3.87. The SMILES string of the molecule is O=C(/C=C/c1cn(-c2ccc(F)cc2)nn1)c1ccccc1. The average Bonchev–Trinajstić information content (AvgIpc) is 3.03. The van der Waals surface area contributed by atoms with Crippen LogP contribution < -0.4 is 0 Å². The highest BCUT2D eigenvalue weighted by molar-refractivity contribution is 6.06. The van der Waals surface area contributed by atoms with Gasteiger partial charge in [-0.1, -0.05) is 35.5 Å². The summed E-state index contributed by atoms with van der Waals surface area (Å²) in [5.74, 6) is -0.408. The van der Waals surface area contributed by atoms with Crippen molar-refractivity contribution in [1.82, 2.24) is 15.0 Å². The molecule has 2 aromatic carbocycles. The first kappa shape index (κ1) is 13.9. The third-order valence-electron chi connectivity index (χ3n) is 3.07. The van der Waals surface area contributed by atoms with Crippen molar-refractivity contribution in [2.24, 2.45) is 0 Å². The molecule has 0 spiro atoms. The third-order valence-corrected chi connectivity index (χ3v) is 3.07. The number of hydrogen-bond acceptors (Lipinski definition) is 3. The Hall–Kier alpha value is -3.08. The van der Waals surface area contributed by atoms with E-state index in [0.29, 0.717) is 16.9 Å². The average molecular weight is 293 g/mol. The van der Waals surface area contributed by atoms with Crippen LogP contribution in [0.5, 0.6) is 0 Å². The zero-order chi connectivity index (χ0) is 15.4. The Balaban J connectivity index is 1.75. The Morgan fingerprint density at radius 2 is 1.77 bits per heavy atom. The van der Waals surface area contributed by atoms with Crippen molar-refractivity contribution in [2.75, 3.05) is 0 Å². The molecule has 0 amide bonds. The maximum Gasteiger partial charge on any atom is 0.185 e. The molecule has 22 heavy (non-hydrogen) atoms. The minimum absolute atomic E-state index is 0.100. The number of aromatic nitrogens is 3. The molecule has 0 unspecified atom stereocenters. The van der Waals surface area contributed by atoms with Crippen molar-refractivity contribution in [3.05, 3.63) is 83.9 Å². The smallest absolute Gasteiger partial charge is 0.185 e. The van der Waals surface area contributed by atoms with Crippen LogP contribution in [-0.2, 0) is 0 Å². The monoisotopic (exact) mass is 293 g/mol.